The number of guanidine groups is 1. The number of hydrogen-bond donors (Lipinski definition) is 2. The molecule has 0 aliphatic carbocycles. The highest BCUT2D eigenvalue weighted by Gasteiger charge is 2.14. The Morgan fingerprint density at radius 3 is 2.43 bits per heavy atom. The zero-order valence-electron chi connectivity index (χ0n) is 15.9. The highest BCUT2D eigenvalue weighted by Crippen LogP contribution is 2.07. The molecule has 0 saturated carbocycles. The molecule has 0 radical (unpaired) electrons. The highest BCUT2D eigenvalue weighted by molar-refractivity contribution is 5.80. The standard InChI is InChI=1S/C18H38N4O/c1-6-19-18(21-17(5)8-7-15(2)3)20-13-16(4)14-22-9-11-23-12-10-22/h15-17H,6-14H2,1-5H3,(H2,19,20,21). The molecule has 2 atom stereocenters. The third-order valence-corrected chi connectivity index (χ3v) is 4.14. The van der Waals surface area contributed by atoms with Gasteiger partial charge in [0, 0.05) is 38.8 Å². The second-order valence-corrected chi connectivity index (χ2v) is 7.25. The summed E-state index contributed by atoms with van der Waals surface area (Å²) in [5, 5.41) is 6.90. The Hall–Kier alpha value is -0.810. The van der Waals surface area contributed by atoms with Gasteiger partial charge in [-0.25, -0.2) is 0 Å². The van der Waals surface area contributed by atoms with Crippen LogP contribution in [0.3, 0.4) is 0 Å². The molecule has 2 N–H and O–H groups in total. The summed E-state index contributed by atoms with van der Waals surface area (Å²) in [6.45, 7) is 17.9. The third-order valence-electron chi connectivity index (χ3n) is 4.14. The van der Waals surface area contributed by atoms with Crippen molar-refractivity contribution in [2.45, 2.75) is 53.5 Å². The molecule has 0 aromatic heterocycles. The van der Waals surface area contributed by atoms with Crippen LogP contribution in [0.1, 0.15) is 47.5 Å². The maximum atomic E-state index is 5.41. The molecule has 2 unspecified atom stereocenters. The van der Waals surface area contributed by atoms with Gasteiger partial charge in [-0.2, -0.15) is 0 Å². The zero-order chi connectivity index (χ0) is 17.1. The topological polar surface area (TPSA) is 48.9 Å². The van der Waals surface area contributed by atoms with Crippen LogP contribution in [0.25, 0.3) is 0 Å². The number of aliphatic imine (C=N–C) groups is 1. The molecule has 5 heteroatoms. The van der Waals surface area contributed by atoms with Crippen molar-refractivity contribution < 1.29 is 4.74 Å². The number of hydrogen-bond acceptors (Lipinski definition) is 3. The lowest BCUT2D eigenvalue weighted by molar-refractivity contribution is 0.0323. The van der Waals surface area contributed by atoms with Crippen LogP contribution in [-0.2, 0) is 4.74 Å². The summed E-state index contributed by atoms with van der Waals surface area (Å²) < 4.78 is 5.41. The van der Waals surface area contributed by atoms with Crippen molar-refractivity contribution in [1.82, 2.24) is 15.5 Å². The average molecular weight is 327 g/mol. The van der Waals surface area contributed by atoms with Crippen LogP contribution in [0.2, 0.25) is 0 Å². The Bertz CT molecular complexity index is 327. The van der Waals surface area contributed by atoms with Gasteiger partial charge in [0.15, 0.2) is 5.96 Å². The van der Waals surface area contributed by atoms with E-state index in [0.29, 0.717) is 12.0 Å². The van der Waals surface area contributed by atoms with Crippen LogP contribution in [0, 0.1) is 11.8 Å². The molecular weight excluding hydrogens is 288 g/mol. The molecule has 0 spiro atoms. The van der Waals surface area contributed by atoms with Crippen LogP contribution in [-0.4, -0.2) is 62.8 Å². The molecule has 0 aromatic carbocycles. The second kappa shape index (κ2) is 11.7. The van der Waals surface area contributed by atoms with E-state index in [4.69, 9.17) is 9.73 Å². The fourth-order valence-electron chi connectivity index (χ4n) is 2.74. The minimum absolute atomic E-state index is 0.463. The molecular formula is C18H38N4O. The summed E-state index contributed by atoms with van der Waals surface area (Å²) >= 11 is 0. The van der Waals surface area contributed by atoms with Gasteiger partial charge >= 0.3 is 0 Å². The van der Waals surface area contributed by atoms with Crippen LogP contribution >= 0.6 is 0 Å². The first-order chi connectivity index (χ1) is 11.0. The molecule has 0 bridgehead atoms. The zero-order valence-corrected chi connectivity index (χ0v) is 15.9. The van der Waals surface area contributed by atoms with E-state index in [1.807, 2.05) is 0 Å². The fourth-order valence-corrected chi connectivity index (χ4v) is 2.74. The summed E-state index contributed by atoms with van der Waals surface area (Å²) in [6, 6.07) is 0.463. The Balaban J connectivity index is 2.36. The lowest BCUT2D eigenvalue weighted by atomic mass is 10.0. The van der Waals surface area contributed by atoms with Gasteiger partial charge in [0.25, 0.3) is 0 Å². The molecule has 5 nitrogen and oxygen atoms in total. The quantitative estimate of drug-likeness (QED) is 0.504. The number of morpholine rings is 1. The minimum atomic E-state index is 0.463. The smallest absolute Gasteiger partial charge is 0.191 e. The number of nitrogens with zero attached hydrogens (tertiary/aromatic N) is 2. The molecule has 1 heterocycles. The maximum Gasteiger partial charge on any atom is 0.191 e. The minimum Gasteiger partial charge on any atom is -0.379 e. The molecule has 23 heavy (non-hydrogen) atoms. The van der Waals surface area contributed by atoms with E-state index in [0.717, 1.165) is 57.8 Å². The predicted octanol–water partition coefficient (Wildman–Crippen LogP) is 2.33. The van der Waals surface area contributed by atoms with Crippen molar-refractivity contribution in [3.8, 4) is 0 Å². The summed E-state index contributed by atoms with van der Waals surface area (Å²) in [7, 11) is 0. The molecule has 1 fully saturated rings. The van der Waals surface area contributed by atoms with Crippen LogP contribution in [0.4, 0.5) is 0 Å². The van der Waals surface area contributed by atoms with Gasteiger partial charge in [-0.3, -0.25) is 9.89 Å². The van der Waals surface area contributed by atoms with Crippen molar-refractivity contribution in [1.29, 1.82) is 0 Å². The van der Waals surface area contributed by atoms with Gasteiger partial charge < -0.3 is 15.4 Å². The van der Waals surface area contributed by atoms with Crippen LogP contribution in [0.5, 0.6) is 0 Å². The van der Waals surface area contributed by atoms with Gasteiger partial charge in [-0.1, -0.05) is 20.8 Å². The maximum absolute atomic E-state index is 5.41. The van der Waals surface area contributed by atoms with Gasteiger partial charge in [0.05, 0.1) is 13.2 Å². The van der Waals surface area contributed by atoms with Gasteiger partial charge in [0.1, 0.15) is 0 Å². The van der Waals surface area contributed by atoms with E-state index in [-0.39, 0.29) is 0 Å². The van der Waals surface area contributed by atoms with Crippen LogP contribution < -0.4 is 10.6 Å². The van der Waals surface area contributed by atoms with Gasteiger partial charge in [-0.05, 0) is 38.5 Å². The first-order valence-electron chi connectivity index (χ1n) is 9.36. The largest absolute Gasteiger partial charge is 0.379 e. The number of nitrogens with one attached hydrogen (secondary N) is 2. The lowest BCUT2D eigenvalue weighted by Gasteiger charge is -2.28. The van der Waals surface area contributed by atoms with Gasteiger partial charge in [-0.15, -0.1) is 0 Å². The van der Waals surface area contributed by atoms with Crippen LogP contribution in [0.15, 0.2) is 4.99 Å². The molecule has 1 aliphatic heterocycles. The molecule has 0 amide bonds. The molecule has 1 rings (SSSR count). The van der Waals surface area contributed by atoms with Crippen molar-refractivity contribution in [3.05, 3.63) is 0 Å². The number of rotatable bonds is 9. The summed E-state index contributed by atoms with van der Waals surface area (Å²) in [4.78, 5) is 7.26. The van der Waals surface area contributed by atoms with Gasteiger partial charge in [0.2, 0.25) is 0 Å². The van der Waals surface area contributed by atoms with Crippen molar-refractivity contribution >= 4 is 5.96 Å². The Morgan fingerprint density at radius 2 is 1.83 bits per heavy atom. The van der Waals surface area contributed by atoms with E-state index in [1.165, 1.54) is 12.8 Å². The summed E-state index contributed by atoms with van der Waals surface area (Å²) in [5.74, 6) is 2.28. The number of ether oxygens (including phenoxy) is 1. The van der Waals surface area contributed by atoms with E-state index < -0.39 is 0 Å². The lowest BCUT2D eigenvalue weighted by Crippen LogP contribution is -2.43. The molecule has 1 aliphatic rings. The van der Waals surface area contributed by atoms with E-state index >= 15 is 0 Å². The van der Waals surface area contributed by atoms with E-state index in [2.05, 4.69) is 50.2 Å². The monoisotopic (exact) mass is 326 g/mol. The fraction of sp³-hybridized carbons (Fsp3) is 0.944. The third kappa shape index (κ3) is 9.82. The van der Waals surface area contributed by atoms with Crippen molar-refractivity contribution in [2.24, 2.45) is 16.8 Å². The van der Waals surface area contributed by atoms with Crippen molar-refractivity contribution in [2.75, 3.05) is 45.9 Å². The normalized spacial score (nSPS) is 19.7. The molecule has 136 valence electrons. The summed E-state index contributed by atoms with van der Waals surface area (Å²) in [6.07, 6.45) is 2.44. The first kappa shape index (κ1) is 20.2. The van der Waals surface area contributed by atoms with E-state index in [1.54, 1.807) is 0 Å². The molecule has 0 aromatic rings. The predicted molar refractivity (Wildman–Crippen MR) is 99.1 cm³/mol. The summed E-state index contributed by atoms with van der Waals surface area (Å²) in [5.41, 5.74) is 0. The Morgan fingerprint density at radius 1 is 1.13 bits per heavy atom. The second-order valence-electron chi connectivity index (χ2n) is 7.25. The van der Waals surface area contributed by atoms with Crippen molar-refractivity contribution in [3.63, 3.8) is 0 Å². The average Bonchev–Trinajstić information content (AvgIpc) is 2.52. The van der Waals surface area contributed by atoms with E-state index in [9.17, 15) is 0 Å². The SMILES string of the molecule is CCNC(=NCC(C)CN1CCOCC1)NC(C)CCC(C)C. The Labute approximate surface area is 143 Å². The highest BCUT2D eigenvalue weighted by atomic mass is 16.5. The first-order valence-corrected chi connectivity index (χ1v) is 9.36. The molecule has 1 saturated heterocycles. The Kier molecular flexibility index (Phi) is 10.3.